The lowest BCUT2D eigenvalue weighted by molar-refractivity contribution is -0.904. The van der Waals surface area contributed by atoms with E-state index < -0.39 is 0 Å². The fraction of sp³-hybridized carbons (Fsp3) is 0.529. The number of benzene rings is 1. The van der Waals surface area contributed by atoms with E-state index >= 15 is 0 Å². The molecule has 0 heterocycles. The van der Waals surface area contributed by atoms with Crippen molar-refractivity contribution in [2.45, 2.75) is 44.7 Å². The maximum atomic E-state index is 12.5. The third-order valence-corrected chi connectivity index (χ3v) is 4.46. The first kappa shape index (κ1) is 19.5. The molecule has 0 bridgehead atoms. The predicted molar refractivity (Wildman–Crippen MR) is 96.0 cm³/mol. The Morgan fingerprint density at radius 1 is 1.22 bits per heavy atom. The van der Waals surface area contributed by atoms with Crippen molar-refractivity contribution in [1.29, 1.82) is 0 Å². The molecule has 1 aromatic rings. The summed E-state index contributed by atoms with van der Waals surface area (Å²) in [5, 5.41) is 5.85. The number of quaternary nitrogens is 1. The number of carbonyl (C=O) groups is 2. The third-order valence-electron chi connectivity index (χ3n) is 3.66. The Bertz CT molecular complexity index is 534. The number of amides is 2. The average molecular weight is 338 g/mol. The number of para-hydroxylation sites is 1. The standard InChI is InChI=1S/C17H27N3O2S/c1-6-20(11-16(21)18-12(2)3)13(4)17(22)19-14-9-7-8-10-15(14)23-5/h7-10,12-13H,6,11H2,1-5H3,(H,18,21)(H,19,22)/p+1/t13-/m1/s1. The van der Waals surface area contributed by atoms with Crippen LogP contribution in [0.4, 0.5) is 5.69 Å². The number of hydrogen-bond donors (Lipinski definition) is 3. The van der Waals surface area contributed by atoms with Crippen LogP contribution >= 0.6 is 11.8 Å². The van der Waals surface area contributed by atoms with Crippen molar-refractivity contribution >= 4 is 29.3 Å². The highest BCUT2D eigenvalue weighted by Gasteiger charge is 2.26. The maximum Gasteiger partial charge on any atom is 0.282 e. The number of likely N-dealkylation sites (N-methyl/N-ethyl adjacent to an activating group) is 1. The minimum absolute atomic E-state index is 0.0268. The van der Waals surface area contributed by atoms with E-state index in [1.165, 1.54) is 0 Å². The lowest BCUT2D eigenvalue weighted by Gasteiger charge is -2.24. The van der Waals surface area contributed by atoms with E-state index in [1.54, 1.807) is 11.8 Å². The summed E-state index contributed by atoms with van der Waals surface area (Å²) in [7, 11) is 0. The Morgan fingerprint density at radius 3 is 2.43 bits per heavy atom. The molecule has 1 unspecified atom stereocenters. The van der Waals surface area contributed by atoms with Gasteiger partial charge in [-0.2, -0.15) is 0 Å². The summed E-state index contributed by atoms with van der Waals surface area (Å²) in [6, 6.07) is 7.54. The van der Waals surface area contributed by atoms with Crippen LogP contribution in [0, 0.1) is 0 Å². The summed E-state index contributed by atoms with van der Waals surface area (Å²) in [6.07, 6.45) is 1.98. The molecule has 0 radical (unpaired) electrons. The molecule has 0 saturated heterocycles. The molecule has 0 saturated carbocycles. The molecule has 0 fully saturated rings. The molecule has 0 aliphatic rings. The Morgan fingerprint density at radius 2 is 1.87 bits per heavy atom. The summed E-state index contributed by atoms with van der Waals surface area (Å²) in [5.74, 6) is -0.0956. The Balaban J connectivity index is 2.71. The second-order valence-electron chi connectivity index (χ2n) is 5.82. The van der Waals surface area contributed by atoms with Gasteiger partial charge in [0.15, 0.2) is 12.6 Å². The van der Waals surface area contributed by atoms with E-state index in [0.29, 0.717) is 13.1 Å². The molecule has 0 spiro atoms. The van der Waals surface area contributed by atoms with Gasteiger partial charge in [-0.1, -0.05) is 12.1 Å². The minimum Gasteiger partial charge on any atom is -0.349 e. The second kappa shape index (κ2) is 9.57. The highest BCUT2D eigenvalue weighted by atomic mass is 32.2. The maximum absolute atomic E-state index is 12.5. The van der Waals surface area contributed by atoms with E-state index in [2.05, 4.69) is 10.6 Å². The minimum atomic E-state index is -0.298. The lowest BCUT2D eigenvalue weighted by atomic mass is 10.2. The second-order valence-corrected chi connectivity index (χ2v) is 6.67. The molecule has 6 heteroatoms. The van der Waals surface area contributed by atoms with Crippen LogP contribution in [-0.4, -0.2) is 43.2 Å². The SMILES string of the molecule is CC[NH+](CC(=O)NC(C)C)[C@H](C)C(=O)Nc1ccccc1SC. The van der Waals surface area contributed by atoms with Crippen LogP contribution in [-0.2, 0) is 9.59 Å². The summed E-state index contributed by atoms with van der Waals surface area (Å²) in [4.78, 5) is 26.4. The van der Waals surface area contributed by atoms with Crippen LogP contribution in [0.25, 0.3) is 0 Å². The van der Waals surface area contributed by atoms with Gasteiger partial charge in [0, 0.05) is 10.9 Å². The van der Waals surface area contributed by atoms with Gasteiger partial charge in [-0.15, -0.1) is 11.8 Å². The number of hydrogen-bond acceptors (Lipinski definition) is 3. The largest absolute Gasteiger partial charge is 0.349 e. The molecule has 2 amide bonds. The van der Waals surface area contributed by atoms with Crippen molar-refractivity contribution in [1.82, 2.24) is 5.32 Å². The van der Waals surface area contributed by atoms with Crippen LogP contribution in [0.15, 0.2) is 29.2 Å². The number of thioether (sulfide) groups is 1. The number of rotatable bonds is 8. The van der Waals surface area contributed by atoms with Crippen molar-refractivity contribution in [3.8, 4) is 0 Å². The topological polar surface area (TPSA) is 62.6 Å². The van der Waals surface area contributed by atoms with Crippen LogP contribution in [0.5, 0.6) is 0 Å². The molecule has 1 aromatic carbocycles. The van der Waals surface area contributed by atoms with Crippen molar-refractivity contribution in [3.63, 3.8) is 0 Å². The number of carbonyl (C=O) groups excluding carboxylic acids is 2. The van der Waals surface area contributed by atoms with Crippen LogP contribution in [0.1, 0.15) is 27.7 Å². The van der Waals surface area contributed by atoms with Gasteiger partial charge in [-0.25, -0.2) is 0 Å². The van der Waals surface area contributed by atoms with Crippen LogP contribution in [0.2, 0.25) is 0 Å². The molecule has 1 rings (SSSR count). The number of anilines is 1. The van der Waals surface area contributed by atoms with Crippen molar-refractivity contribution in [2.75, 3.05) is 24.7 Å². The molecule has 128 valence electrons. The molecule has 3 N–H and O–H groups in total. The fourth-order valence-electron chi connectivity index (χ4n) is 2.34. The lowest BCUT2D eigenvalue weighted by Crippen LogP contribution is -3.17. The van der Waals surface area contributed by atoms with E-state index in [-0.39, 0.29) is 23.9 Å². The van der Waals surface area contributed by atoms with Gasteiger partial charge in [-0.05, 0) is 46.1 Å². The summed E-state index contributed by atoms with van der Waals surface area (Å²) >= 11 is 1.60. The molecule has 0 aliphatic carbocycles. The van der Waals surface area contributed by atoms with E-state index in [9.17, 15) is 9.59 Å². The highest BCUT2D eigenvalue weighted by molar-refractivity contribution is 7.98. The van der Waals surface area contributed by atoms with E-state index in [0.717, 1.165) is 15.5 Å². The summed E-state index contributed by atoms with van der Waals surface area (Å²) in [6.45, 7) is 8.71. The monoisotopic (exact) mass is 338 g/mol. The Hall–Kier alpha value is -1.53. The molecule has 23 heavy (non-hydrogen) atoms. The molecule has 0 aromatic heterocycles. The average Bonchev–Trinajstić information content (AvgIpc) is 2.51. The fourth-order valence-corrected chi connectivity index (χ4v) is 2.89. The molecular formula is C17H28N3O2S+. The van der Waals surface area contributed by atoms with Crippen molar-refractivity contribution in [3.05, 3.63) is 24.3 Å². The summed E-state index contributed by atoms with van der Waals surface area (Å²) < 4.78 is 0. The summed E-state index contributed by atoms with van der Waals surface area (Å²) in [5.41, 5.74) is 0.818. The van der Waals surface area contributed by atoms with E-state index in [1.807, 2.05) is 58.2 Å². The van der Waals surface area contributed by atoms with Crippen LogP contribution < -0.4 is 15.5 Å². The van der Waals surface area contributed by atoms with E-state index in [4.69, 9.17) is 0 Å². The van der Waals surface area contributed by atoms with Gasteiger partial charge < -0.3 is 15.5 Å². The predicted octanol–water partition coefficient (Wildman–Crippen LogP) is 1.16. The normalized spacial score (nSPS) is 13.5. The molecular weight excluding hydrogens is 310 g/mol. The number of nitrogens with one attached hydrogen (secondary N) is 3. The molecule has 0 aliphatic heterocycles. The molecule has 5 nitrogen and oxygen atoms in total. The van der Waals surface area contributed by atoms with Gasteiger partial charge in [0.05, 0.1) is 12.2 Å². The smallest absolute Gasteiger partial charge is 0.282 e. The van der Waals surface area contributed by atoms with Gasteiger partial charge in [0.25, 0.3) is 11.8 Å². The van der Waals surface area contributed by atoms with Gasteiger partial charge in [0.1, 0.15) is 0 Å². The Kier molecular flexibility index (Phi) is 8.12. The van der Waals surface area contributed by atoms with Gasteiger partial charge in [0.2, 0.25) is 0 Å². The van der Waals surface area contributed by atoms with Gasteiger partial charge in [-0.3, -0.25) is 9.59 Å². The quantitative estimate of drug-likeness (QED) is 0.624. The zero-order valence-electron chi connectivity index (χ0n) is 14.6. The third kappa shape index (κ3) is 6.23. The first-order valence-corrected chi connectivity index (χ1v) is 9.19. The highest BCUT2D eigenvalue weighted by Crippen LogP contribution is 2.24. The van der Waals surface area contributed by atoms with Gasteiger partial charge >= 0.3 is 0 Å². The van der Waals surface area contributed by atoms with Crippen molar-refractivity contribution in [2.24, 2.45) is 0 Å². The first-order valence-electron chi connectivity index (χ1n) is 7.96. The van der Waals surface area contributed by atoms with Crippen LogP contribution in [0.3, 0.4) is 0 Å². The Labute approximate surface area is 143 Å². The van der Waals surface area contributed by atoms with Crippen molar-refractivity contribution < 1.29 is 14.5 Å². The zero-order valence-corrected chi connectivity index (χ0v) is 15.4. The zero-order chi connectivity index (χ0) is 17.4. The first-order chi connectivity index (χ1) is 10.9. The molecule has 2 atom stereocenters.